The second-order valence-electron chi connectivity index (χ2n) is 8.15. The summed E-state index contributed by atoms with van der Waals surface area (Å²) in [5.74, 6) is 0.156. The van der Waals surface area contributed by atoms with Crippen molar-refractivity contribution in [2.75, 3.05) is 5.75 Å². The van der Waals surface area contributed by atoms with E-state index in [1.165, 1.54) is 27.3 Å². The number of carbonyl (C=O) groups excluding carboxylic acids is 1. The summed E-state index contributed by atoms with van der Waals surface area (Å²) in [6, 6.07) is 6.49. The molecule has 0 bridgehead atoms. The van der Waals surface area contributed by atoms with Crippen molar-refractivity contribution in [2.45, 2.75) is 50.2 Å². The summed E-state index contributed by atoms with van der Waals surface area (Å²) in [4.78, 5) is 32.5. The third-order valence-corrected chi connectivity index (χ3v) is 7.75. The lowest BCUT2D eigenvalue weighted by atomic mass is 9.89. The molecular formula is C22H22FN3O2S2. The highest BCUT2D eigenvalue weighted by atomic mass is 32.2. The molecule has 5 rings (SSSR count). The van der Waals surface area contributed by atoms with Crippen molar-refractivity contribution in [3.8, 4) is 5.69 Å². The number of rotatable bonds is 5. The molecule has 156 valence electrons. The molecule has 1 fully saturated rings. The third-order valence-electron chi connectivity index (χ3n) is 5.67. The van der Waals surface area contributed by atoms with Gasteiger partial charge < -0.3 is 5.32 Å². The lowest BCUT2D eigenvalue weighted by Crippen LogP contribution is -2.28. The van der Waals surface area contributed by atoms with Crippen LogP contribution in [0.3, 0.4) is 0 Å². The number of carbonyl (C=O) groups is 1. The van der Waals surface area contributed by atoms with Crippen LogP contribution in [-0.4, -0.2) is 27.3 Å². The van der Waals surface area contributed by atoms with Crippen LogP contribution in [0.25, 0.3) is 15.9 Å². The van der Waals surface area contributed by atoms with Crippen molar-refractivity contribution >= 4 is 39.2 Å². The second-order valence-corrected chi connectivity index (χ2v) is 10.2. The molecular weight excluding hydrogens is 421 g/mol. The Morgan fingerprint density at radius 3 is 2.90 bits per heavy atom. The predicted octanol–water partition coefficient (Wildman–Crippen LogP) is 4.08. The molecule has 0 aliphatic heterocycles. The van der Waals surface area contributed by atoms with E-state index >= 15 is 0 Å². The number of thiophene rings is 1. The number of thioether (sulfide) groups is 1. The van der Waals surface area contributed by atoms with Gasteiger partial charge in [0.25, 0.3) is 5.56 Å². The van der Waals surface area contributed by atoms with E-state index in [1.54, 1.807) is 29.5 Å². The SMILES string of the molecule is CC1CCc2c(sc3nc(SCC(=O)NC4CC4)n(-c4ccccc4F)c(=O)c23)C1. The van der Waals surface area contributed by atoms with E-state index in [2.05, 4.69) is 12.2 Å². The van der Waals surface area contributed by atoms with Crippen LogP contribution in [0.2, 0.25) is 0 Å². The molecule has 3 aromatic rings. The zero-order chi connectivity index (χ0) is 20.8. The number of benzene rings is 1. The average Bonchev–Trinajstić information content (AvgIpc) is 3.45. The molecule has 0 radical (unpaired) electrons. The summed E-state index contributed by atoms with van der Waals surface area (Å²) in [7, 11) is 0. The first kappa shape index (κ1) is 19.8. The maximum Gasteiger partial charge on any atom is 0.267 e. The molecule has 0 spiro atoms. The van der Waals surface area contributed by atoms with E-state index in [-0.39, 0.29) is 28.9 Å². The number of amides is 1. The Labute approximate surface area is 181 Å². The lowest BCUT2D eigenvalue weighted by Gasteiger charge is -2.18. The van der Waals surface area contributed by atoms with Crippen molar-refractivity contribution in [1.29, 1.82) is 0 Å². The third kappa shape index (κ3) is 3.67. The van der Waals surface area contributed by atoms with Crippen molar-refractivity contribution < 1.29 is 9.18 Å². The minimum Gasteiger partial charge on any atom is -0.353 e. The Hall–Kier alpha value is -2.19. The van der Waals surface area contributed by atoms with Gasteiger partial charge in [0.1, 0.15) is 10.6 Å². The fourth-order valence-electron chi connectivity index (χ4n) is 3.94. The first-order valence-corrected chi connectivity index (χ1v) is 12.1. The number of aryl methyl sites for hydroxylation is 1. The summed E-state index contributed by atoms with van der Waals surface area (Å²) in [6.45, 7) is 2.22. The fourth-order valence-corrected chi connectivity index (χ4v) is 6.18. The standard InChI is InChI=1S/C22H22FN3O2S2/c1-12-6-9-14-17(10-12)30-20-19(14)21(28)26(16-5-3-2-4-15(16)23)22(25-20)29-11-18(27)24-13-7-8-13/h2-5,12-13H,6-11H2,1H3,(H,24,27). The minimum atomic E-state index is -0.484. The van der Waals surface area contributed by atoms with Gasteiger partial charge in [-0.25, -0.2) is 9.37 Å². The first-order valence-electron chi connectivity index (χ1n) is 10.3. The molecule has 8 heteroatoms. The Kier molecular flexibility index (Phi) is 5.14. The van der Waals surface area contributed by atoms with Crippen LogP contribution in [0.4, 0.5) is 4.39 Å². The van der Waals surface area contributed by atoms with Crippen LogP contribution >= 0.6 is 23.1 Å². The summed E-state index contributed by atoms with van der Waals surface area (Å²) < 4.78 is 16.0. The summed E-state index contributed by atoms with van der Waals surface area (Å²) >= 11 is 2.75. The molecule has 30 heavy (non-hydrogen) atoms. The number of hydrogen-bond donors (Lipinski definition) is 1. The summed E-state index contributed by atoms with van der Waals surface area (Å²) in [5.41, 5.74) is 0.993. The molecule has 1 unspecified atom stereocenters. The van der Waals surface area contributed by atoms with Crippen LogP contribution in [0.1, 0.15) is 36.6 Å². The number of fused-ring (bicyclic) bond motifs is 3. The number of hydrogen-bond acceptors (Lipinski definition) is 5. The van der Waals surface area contributed by atoms with Crippen LogP contribution in [0, 0.1) is 11.7 Å². The maximum atomic E-state index is 14.7. The van der Waals surface area contributed by atoms with Crippen molar-refractivity contribution in [1.82, 2.24) is 14.9 Å². The van der Waals surface area contributed by atoms with Gasteiger partial charge in [0.15, 0.2) is 5.16 Å². The van der Waals surface area contributed by atoms with Gasteiger partial charge in [-0.2, -0.15) is 0 Å². The van der Waals surface area contributed by atoms with E-state index in [1.807, 2.05) is 0 Å². The molecule has 2 aromatic heterocycles. The smallest absolute Gasteiger partial charge is 0.267 e. The van der Waals surface area contributed by atoms with Crippen LogP contribution in [-0.2, 0) is 17.6 Å². The van der Waals surface area contributed by atoms with E-state index in [9.17, 15) is 14.0 Å². The van der Waals surface area contributed by atoms with E-state index in [0.29, 0.717) is 21.3 Å². The quantitative estimate of drug-likeness (QED) is 0.477. The normalized spacial score (nSPS) is 18.4. The lowest BCUT2D eigenvalue weighted by molar-refractivity contribution is -0.118. The van der Waals surface area contributed by atoms with Gasteiger partial charge in [0.2, 0.25) is 5.91 Å². The highest BCUT2D eigenvalue weighted by molar-refractivity contribution is 7.99. The van der Waals surface area contributed by atoms with Gasteiger partial charge in [-0.05, 0) is 55.7 Å². The van der Waals surface area contributed by atoms with Crippen LogP contribution in [0.5, 0.6) is 0 Å². The molecule has 5 nitrogen and oxygen atoms in total. The van der Waals surface area contributed by atoms with Gasteiger partial charge in [-0.3, -0.25) is 14.2 Å². The molecule has 2 aliphatic rings. The molecule has 2 heterocycles. The maximum absolute atomic E-state index is 14.7. The second kappa shape index (κ2) is 7.81. The Bertz CT molecular complexity index is 1200. The summed E-state index contributed by atoms with van der Waals surface area (Å²) in [6.07, 6.45) is 4.86. The van der Waals surface area contributed by atoms with Gasteiger partial charge in [-0.1, -0.05) is 30.8 Å². The zero-order valence-corrected chi connectivity index (χ0v) is 18.2. The number of halogens is 1. The zero-order valence-electron chi connectivity index (χ0n) is 16.6. The van der Waals surface area contributed by atoms with Crippen molar-refractivity contribution in [3.05, 3.63) is 50.9 Å². The van der Waals surface area contributed by atoms with Gasteiger partial charge >= 0.3 is 0 Å². The highest BCUT2D eigenvalue weighted by Crippen LogP contribution is 2.37. The van der Waals surface area contributed by atoms with Crippen LogP contribution < -0.4 is 10.9 Å². The number of aromatic nitrogens is 2. The van der Waals surface area contributed by atoms with Crippen LogP contribution in [0.15, 0.2) is 34.2 Å². The van der Waals surface area contributed by atoms with E-state index < -0.39 is 5.82 Å². The average molecular weight is 444 g/mol. The fraction of sp³-hybridized carbons (Fsp3) is 0.409. The van der Waals surface area contributed by atoms with Crippen molar-refractivity contribution in [3.63, 3.8) is 0 Å². The predicted molar refractivity (Wildman–Crippen MR) is 118 cm³/mol. The van der Waals surface area contributed by atoms with E-state index in [4.69, 9.17) is 4.98 Å². The molecule has 1 N–H and O–H groups in total. The molecule has 1 saturated carbocycles. The first-order chi connectivity index (χ1) is 14.5. The van der Waals surface area contributed by atoms with Gasteiger partial charge in [0.05, 0.1) is 16.8 Å². The molecule has 1 amide bonds. The number of para-hydroxylation sites is 1. The van der Waals surface area contributed by atoms with Crippen molar-refractivity contribution in [2.24, 2.45) is 5.92 Å². The number of nitrogens with zero attached hydrogens (tertiary/aromatic N) is 2. The molecule has 0 saturated heterocycles. The monoisotopic (exact) mass is 443 g/mol. The Morgan fingerprint density at radius 2 is 2.13 bits per heavy atom. The Balaban J connectivity index is 1.63. The largest absolute Gasteiger partial charge is 0.353 e. The number of nitrogens with one attached hydrogen (secondary N) is 1. The molecule has 2 aliphatic carbocycles. The molecule has 1 atom stereocenters. The Morgan fingerprint density at radius 1 is 1.33 bits per heavy atom. The van der Waals surface area contributed by atoms with Gasteiger partial charge in [-0.15, -0.1) is 11.3 Å². The topological polar surface area (TPSA) is 64.0 Å². The summed E-state index contributed by atoms with van der Waals surface area (Å²) in [5, 5.41) is 3.91. The minimum absolute atomic E-state index is 0.0868. The molecule has 1 aromatic carbocycles. The van der Waals surface area contributed by atoms with E-state index in [0.717, 1.165) is 37.7 Å². The highest BCUT2D eigenvalue weighted by Gasteiger charge is 2.27. The van der Waals surface area contributed by atoms with Gasteiger partial charge in [0, 0.05) is 10.9 Å².